The summed E-state index contributed by atoms with van der Waals surface area (Å²) in [5, 5.41) is 6.94. The lowest BCUT2D eigenvalue weighted by Gasteiger charge is -2.09. The maximum Gasteiger partial charge on any atom is 0.170 e. The molecule has 0 bridgehead atoms. The Morgan fingerprint density at radius 3 is 2.93 bits per heavy atom. The molecule has 1 rings (SSSR count). The van der Waals surface area contributed by atoms with Crippen LogP contribution in [0.3, 0.4) is 0 Å². The van der Waals surface area contributed by atoms with Crippen LogP contribution in [0.2, 0.25) is 0 Å². The highest BCUT2D eigenvalue weighted by molar-refractivity contribution is 14.1. The number of anilines is 1. The van der Waals surface area contributed by atoms with Crippen molar-refractivity contribution in [2.75, 3.05) is 11.9 Å². The molecule has 0 atom stereocenters. The van der Waals surface area contributed by atoms with Gasteiger partial charge in [0.05, 0.1) is 0 Å². The first-order valence-corrected chi connectivity index (χ1v) is 6.01. The number of halogens is 1. The minimum Gasteiger partial charge on any atom is -0.362 e. The number of rotatable bonds is 3. The van der Waals surface area contributed by atoms with Gasteiger partial charge in [-0.1, -0.05) is 13.0 Å². The lowest BCUT2D eigenvalue weighted by molar-refractivity contribution is 0.846. The summed E-state index contributed by atoms with van der Waals surface area (Å²) < 4.78 is 1.20. The van der Waals surface area contributed by atoms with Crippen molar-refractivity contribution in [3.63, 3.8) is 0 Å². The van der Waals surface area contributed by atoms with Gasteiger partial charge >= 0.3 is 0 Å². The number of thiocarbonyl (C=S) groups is 1. The quantitative estimate of drug-likeness (QED) is 0.661. The molecular formula is C10H13IN2S. The molecule has 0 aromatic heterocycles. The van der Waals surface area contributed by atoms with E-state index in [2.05, 4.69) is 46.2 Å². The highest BCUT2D eigenvalue weighted by Crippen LogP contribution is 2.11. The van der Waals surface area contributed by atoms with Crippen LogP contribution in [0.5, 0.6) is 0 Å². The molecule has 1 aromatic carbocycles. The molecular weight excluding hydrogens is 307 g/mol. The third kappa shape index (κ3) is 4.23. The molecule has 2 nitrogen and oxygen atoms in total. The van der Waals surface area contributed by atoms with Gasteiger partial charge in [0.15, 0.2) is 5.11 Å². The number of nitrogens with one attached hydrogen (secondary N) is 2. The van der Waals surface area contributed by atoms with Crippen LogP contribution in [-0.2, 0) is 0 Å². The standard InChI is InChI=1S/C10H13IN2S/c1-2-6-12-10(14)13-9-5-3-4-8(11)7-9/h3-5,7H,2,6H2,1H3,(H2,12,13,14). The first-order valence-electron chi connectivity index (χ1n) is 4.53. The molecule has 0 amide bonds. The number of benzene rings is 1. The molecule has 0 aliphatic rings. The predicted molar refractivity (Wildman–Crippen MR) is 73.7 cm³/mol. The second-order valence-electron chi connectivity index (χ2n) is 2.89. The zero-order valence-electron chi connectivity index (χ0n) is 8.01. The van der Waals surface area contributed by atoms with Gasteiger partial charge in [0.2, 0.25) is 0 Å². The molecule has 0 unspecified atom stereocenters. The first-order chi connectivity index (χ1) is 6.72. The maximum atomic E-state index is 5.12. The molecule has 0 heterocycles. The van der Waals surface area contributed by atoms with E-state index < -0.39 is 0 Å². The van der Waals surface area contributed by atoms with Gasteiger partial charge < -0.3 is 10.6 Å². The molecule has 0 saturated heterocycles. The summed E-state index contributed by atoms with van der Waals surface area (Å²) in [6, 6.07) is 8.11. The van der Waals surface area contributed by atoms with E-state index in [1.807, 2.05) is 18.2 Å². The fourth-order valence-corrected chi connectivity index (χ4v) is 1.74. The molecule has 4 heteroatoms. The van der Waals surface area contributed by atoms with Crippen molar-refractivity contribution in [3.8, 4) is 0 Å². The van der Waals surface area contributed by atoms with Crippen LogP contribution in [0, 0.1) is 3.57 Å². The van der Waals surface area contributed by atoms with Crippen molar-refractivity contribution in [3.05, 3.63) is 27.8 Å². The van der Waals surface area contributed by atoms with Gasteiger partial charge in [0.25, 0.3) is 0 Å². The fraction of sp³-hybridized carbons (Fsp3) is 0.300. The van der Waals surface area contributed by atoms with Crippen LogP contribution in [0.15, 0.2) is 24.3 Å². The second kappa shape index (κ2) is 6.19. The van der Waals surface area contributed by atoms with Crippen molar-refractivity contribution in [1.82, 2.24) is 5.32 Å². The van der Waals surface area contributed by atoms with Crippen LogP contribution in [-0.4, -0.2) is 11.7 Å². The Hall–Kier alpha value is -0.360. The maximum absolute atomic E-state index is 5.12. The van der Waals surface area contributed by atoms with Gasteiger partial charge in [-0.25, -0.2) is 0 Å². The van der Waals surface area contributed by atoms with Crippen LogP contribution >= 0.6 is 34.8 Å². The van der Waals surface area contributed by atoms with E-state index in [4.69, 9.17) is 12.2 Å². The molecule has 0 fully saturated rings. The average molecular weight is 320 g/mol. The molecule has 1 aromatic rings. The Bertz CT molecular complexity index is 315. The van der Waals surface area contributed by atoms with E-state index in [1.54, 1.807) is 0 Å². The topological polar surface area (TPSA) is 24.1 Å². The van der Waals surface area contributed by atoms with Crippen LogP contribution in [0.1, 0.15) is 13.3 Å². The molecule has 0 saturated carbocycles. The van der Waals surface area contributed by atoms with Crippen molar-refractivity contribution in [1.29, 1.82) is 0 Å². The number of hydrogen-bond acceptors (Lipinski definition) is 1. The monoisotopic (exact) mass is 320 g/mol. The fourth-order valence-electron chi connectivity index (χ4n) is 0.980. The lowest BCUT2D eigenvalue weighted by Crippen LogP contribution is -2.28. The largest absolute Gasteiger partial charge is 0.362 e. The van der Waals surface area contributed by atoms with Crippen molar-refractivity contribution < 1.29 is 0 Å². The zero-order valence-corrected chi connectivity index (χ0v) is 11.0. The van der Waals surface area contributed by atoms with Crippen molar-refractivity contribution in [2.45, 2.75) is 13.3 Å². The van der Waals surface area contributed by atoms with Gasteiger partial charge in [-0.15, -0.1) is 0 Å². The van der Waals surface area contributed by atoms with E-state index in [1.165, 1.54) is 3.57 Å². The molecule has 0 aliphatic heterocycles. The van der Waals surface area contributed by atoms with E-state index in [0.29, 0.717) is 5.11 Å². The Labute approximate surface area is 104 Å². The molecule has 0 aliphatic carbocycles. The molecule has 0 radical (unpaired) electrons. The summed E-state index contributed by atoms with van der Waals surface area (Å²) in [6.45, 7) is 3.02. The minimum absolute atomic E-state index is 0.689. The highest BCUT2D eigenvalue weighted by atomic mass is 127. The number of hydrogen-bond donors (Lipinski definition) is 2. The molecule has 76 valence electrons. The van der Waals surface area contributed by atoms with E-state index in [-0.39, 0.29) is 0 Å². The van der Waals surface area contributed by atoms with Crippen LogP contribution in [0.25, 0.3) is 0 Å². The third-order valence-corrected chi connectivity index (χ3v) is 2.54. The first kappa shape index (κ1) is 11.7. The predicted octanol–water partition coefficient (Wildman–Crippen LogP) is 2.99. The second-order valence-corrected chi connectivity index (χ2v) is 4.55. The minimum atomic E-state index is 0.689. The van der Waals surface area contributed by atoms with Crippen molar-refractivity contribution in [2.24, 2.45) is 0 Å². The zero-order chi connectivity index (χ0) is 10.4. The lowest BCUT2D eigenvalue weighted by atomic mass is 10.3. The third-order valence-electron chi connectivity index (χ3n) is 1.62. The summed E-state index contributed by atoms with van der Waals surface area (Å²) >= 11 is 7.40. The van der Waals surface area contributed by atoms with Gasteiger partial charge in [-0.05, 0) is 59.4 Å². The van der Waals surface area contributed by atoms with Gasteiger partial charge in [0, 0.05) is 15.8 Å². The molecule has 0 spiro atoms. The summed E-state index contributed by atoms with van der Waals surface area (Å²) in [7, 11) is 0. The van der Waals surface area contributed by atoms with E-state index in [9.17, 15) is 0 Å². The smallest absolute Gasteiger partial charge is 0.170 e. The summed E-state index contributed by atoms with van der Waals surface area (Å²) in [4.78, 5) is 0. The van der Waals surface area contributed by atoms with Crippen LogP contribution in [0.4, 0.5) is 5.69 Å². The summed E-state index contributed by atoms with van der Waals surface area (Å²) in [5.41, 5.74) is 1.03. The van der Waals surface area contributed by atoms with Gasteiger partial charge in [-0.2, -0.15) is 0 Å². The Morgan fingerprint density at radius 2 is 2.29 bits per heavy atom. The Balaban J connectivity index is 2.47. The average Bonchev–Trinajstić information content (AvgIpc) is 2.15. The van der Waals surface area contributed by atoms with Gasteiger partial charge in [0.1, 0.15) is 0 Å². The summed E-state index contributed by atoms with van der Waals surface area (Å²) in [5.74, 6) is 0. The van der Waals surface area contributed by atoms with Crippen molar-refractivity contribution >= 4 is 45.6 Å². The Morgan fingerprint density at radius 1 is 1.50 bits per heavy atom. The van der Waals surface area contributed by atoms with E-state index in [0.717, 1.165) is 18.7 Å². The molecule has 2 N–H and O–H groups in total. The molecule has 14 heavy (non-hydrogen) atoms. The van der Waals surface area contributed by atoms with Crippen LogP contribution < -0.4 is 10.6 Å². The summed E-state index contributed by atoms with van der Waals surface area (Å²) in [6.07, 6.45) is 1.08. The normalized spacial score (nSPS) is 9.57. The SMILES string of the molecule is CCCNC(=S)Nc1cccc(I)c1. The van der Waals surface area contributed by atoms with Gasteiger partial charge in [-0.3, -0.25) is 0 Å². The van der Waals surface area contributed by atoms with E-state index >= 15 is 0 Å². The Kier molecular flexibility index (Phi) is 5.17. The highest BCUT2D eigenvalue weighted by Gasteiger charge is 1.96.